The van der Waals surface area contributed by atoms with Gasteiger partial charge in [0.25, 0.3) is 0 Å². The molecule has 1 atom stereocenters. The summed E-state index contributed by atoms with van der Waals surface area (Å²) in [6.07, 6.45) is 0.146. The van der Waals surface area contributed by atoms with Crippen LogP contribution in [-0.2, 0) is 21.6 Å². The maximum absolute atomic E-state index is 11.8. The number of ether oxygens (including phenoxy) is 1. The van der Waals surface area contributed by atoms with Crippen LogP contribution >= 0.6 is 0 Å². The predicted octanol–water partition coefficient (Wildman–Crippen LogP) is 3.31. The summed E-state index contributed by atoms with van der Waals surface area (Å²) in [5.41, 5.74) is 1.04. The number of esters is 1. The normalized spacial score (nSPS) is 12.7. The van der Waals surface area contributed by atoms with E-state index < -0.39 is 11.5 Å². The quantitative estimate of drug-likeness (QED) is 0.628. The third kappa shape index (κ3) is 4.09. The SMILES string of the molecule is C=C(CC(C#N)(NCc1ccccc1)c1ccccc1)C(=O)OC. The number of nitrogens with one attached hydrogen (secondary N) is 1. The monoisotopic (exact) mass is 320 g/mol. The van der Waals surface area contributed by atoms with Crippen molar-refractivity contribution >= 4 is 5.97 Å². The number of nitrogens with zero attached hydrogens (tertiary/aromatic N) is 1. The van der Waals surface area contributed by atoms with Gasteiger partial charge in [0, 0.05) is 18.5 Å². The summed E-state index contributed by atoms with van der Waals surface area (Å²) in [7, 11) is 1.31. The maximum Gasteiger partial charge on any atom is 0.333 e. The Hall–Kier alpha value is -2.90. The first-order valence-electron chi connectivity index (χ1n) is 7.63. The fourth-order valence-corrected chi connectivity index (χ4v) is 2.52. The van der Waals surface area contributed by atoms with Crippen LogP contribution in [0.2, 0.25) is 0 Å². The van der Waals surface area contributed by atoms with Crippen LogP contribution in [0.25, 0.3) is 0 Å². The molecule has 1 N–H and O–H groups in total. The van der Waals surface area contributed by atoms with Crippen LogP contribution in [0, 0.1) is 11.3 Å². The Balaban J connectivity index is 2.31. The van der Waals surface area contributed by atoms with E-state index in [1.807, 2.05) is 60.7 Å². The summed E-state index contributed by atoms with van der Waals surface area (Å²) in [5.74, 6) is -0.507. The van der Waals surface area contributed by atoms with Crippen LogP contribution in [-0.4, -0.2) is 13.1 Å². The van der Waals surface area contributed by atoms with Gasteiger partial charge >= 0.3 is 5.97 Å². The van der Waals surface area contributed by atoms with Crippen molar-refractivity contribution in [3.8, 4) is 6.07 Å². The minimum absolute atomic E-state index is 0.146. The standard InChI is InChI=1S/C20H20N2O2/c1-16(19(23)24-2)13-20(15-21,18-11-7-4-8-12-18)22-14-17-9-5-3-6-10-17/h3-12,22H,1,13-14H2,2H3. The molecule has 0 saturated carbocycles. The van der Waals surface area contributed by atoms with Gasteiger partial charge in [-0.15, -0.1) is 0 Å². The summed E-state index contributed by atoms with van der Waals surface area (Å²) < 4.78 is 4.73. The highest BCUT2D eigenvalue weighted by Crippen LogP contribution is 2.28. The largest absolute Gasteiger partial charge is 0.466 e. The van der Waals surface area contributed by atoms with Crippen molar-refractivity contribution in [2.45, 2.75) is 18.5 Å². The molecule has 1 unspecified atom stereocenters. The van der Waals surface area contributed by atoms with E-state index in [9.17, 15) is 10.1 Å². The molecule has 122 valence electrons. The number of hydrogen-bond donors (Lipinski definition) is 1. The Morgan fingerprint density at radius 2 is 1.75 bits per heavy atom. The average Bonchev–Trinajstić information content (AvgIpc) is 2.66. The number of hydrogen-bond acceptors (Lipinski definition) is 4. The van der Waals surface area contributed by atoms with E-state index in [-0.39, 0.29) is 12.0 Å². The predicted molar refractivity (Wildman–Crippen MR) is 92.8 cm³/mol. The third-order valence-electron chi connectivity index (χ3n) is 3.85. The van der Waals surface area contributed by atoms with Gasteiger partial charge in [-0.25, -0.2) is 4.79 Å². The van der Waals surface area contributed by atoms with E-state index in [1.54, 1.807) is 0 Å². The van der Waals surface area contributed by atoms with Crippen LogP contribution in [0.1, 0.15) is 17.5 Å². The Labute approximate surface area is 142 Å². The molecule has 4 nitrogen and oxygen atoms in total. The van der Waals surface area contributed by atoms with Crippen LogP contribution in [0.4, 0.5) is 0 Å². The van der Waals surface area contributed by atoms with E-state index in [0.717, 1.165) is 11.1 Å². The third-order valence-corrected chi connectivity index (χ3v) is 3.85. The summed E-state index contributed by atoms with van der Waals surface area (Å²) in [6, 6.07) is 21.5. The molecule has 2 aromatic carbocycles. The van der Waals surface area contributed by atoms with E-state index in [1.165, 1.54) is 7.11 Å². The molecular weight excluding hydrogens is 300 g/mol. The molecule has 0 aromatic heterocycles. The van der Waals surface area contributed by atoms with E-state index >= 15 is 0 Å². The molecular formula is C20H20N2O2. The van der Waals surface area contributed by atoms with Crippen molar-refractivity contribution in [1.29, 1.82) is 5.26 Å². The van der Waals surface area contributed by atoms with Gasteiger partial charge in [-0.3, -0.25) is 5.32 Å². The highest BCUT2D eigenvalue weighted by atomic mass is 16.5. The first-order valence-corrected chi connectivity index (χ1v) is 7.63. The summed E-state index contributed by atoms with van der Waals surface area (Å²) >= 11 is 0. The highest BCUT2D eigenvalue weighted by Gasteiger charge is 2.34. The first-order chi connectivity index (χ1) is 11.6. The van der Waals surface area contributed by atoms with Crippen molar-refractivity contribution in [3.05, 3.63) is 83.9 Å². The highest BCUT2D eigenvalue weighted by molar-refractivity contribution is 5.88. The summed E-state index contributed by atoms with van der Waals surface area (Å²) in [4.78, 5) is 11.8. The lowest BCUT2D eigenvalue weighted by Crippen LogP contribution is -2.41. The van der Waals surface area contributed by atoms with Gasteiger partial charge in [-0.05, 0) is 11.1 Å². The van der Waals surface area contributed by atoms with E-state index in [0.29, 0.717) is 6.54 Å². The number of methoxy groups -OCH3 is 1. The zero-order valence-corrected chi connectivity index (χ0v) is 13.7. The average molecular weight is 320 g/mol. The second-order valence-electron chi connectivity index (χ2n) is 5.49. The minimum Gasteiger partial charge on any atom is -0.466 e. The number of nitriles is 1. The van der Waals surface area contributed by atoms with Crippen molar-refractivity contribution in [3.63, 3.8) is 0 Å². The van der Waals surface area contributed by atoms with Crippen LogP contribution in [0.15, 0.2) is 72.8 Å². The van der Waals surface area contributed by atoms with Gasteiger partial charge in [-0.1, -0.05) is 67.2 Å². The molecule has 0 aliphatic carbocycles. The maximum atomic E-state index is 11.8. The minimum atomic E-state index is -1.05. The van der Waals surface area contributed by atoms with Crippen molar-refractivity contribution in [2.75, 3.05) is 7.11 Å². The molecule has 24 heavy (non-hydrogen) atoms. The fourth-order valence-electron chi connectivity index (χ4n) is 2.52. The lowest BCUT2D eigenvalue weighted by atomic mass is 9.85. The van der Waals surface area contributed by atoms with Crippen molar-refractivity contribution in [2.24, 2.45) is 0 Å². The molecule has 0 bridgehead atoms. The second kappa shape index (κ2) is 8.09. The molecule has 2 rings (SSSR count). The van der Waals surface area contributed by atoms with Gasteiger partial charge < -0.3 is 4.74 Å². The van der Waals surface area contributed by atoms with E-state index in [2.05, 4.69) is 18.0 Å². The van der Waals surface area contributed by atoms with Crippen molar-refractivity contribution in [1.82, 2.24) is 5.32 Å². The Bertz CT molecular complexity index is 735. The van der Waals surface area contributed by atoms with Gasteiger partial charge in [0.05, 0.1) is 13.2 Å². The Kier molecular flexibility index (Phi) is 5.89. The smallest absolute Gasteiger partial charge is 0.333 e. The Morgan fingerprint density at radius 3 is 2.29 bits per heavy atom. The number of carbonyl (C=O) groups excluding carboxylic acids is 1. The lowest BCUT2D eigenvalue weighted by molar-refractivity contribution is -0.136. The van der Waals surface area contributed by atoms with Crippen LogP contribution < -0.4 is 5.32 Å². The number of rotatable bonds is 7. The molecule has 0 radical (unpaired) electrons. The van der Waals surface area contributed by atoms with Gasteiger partial charge in [-0.2, -0.15) is 5.26 Å². The summed E-state index contributed by atoms with van der Waals surface area (Å²) in [6.45, 7) is 4.27. The molecule has 2 aromatic rings. The van der Waals surface area contributed by atoms with Gasteiger partial charge in [0.1, 0.15) is 5.54 Å². The number of carbonyl (C=O) groups is 1. The molecule has 0 aliphatic rings. The topological polar surface area (TPSA) is 62.1 Å². The van der Waals surface area contributed by atoms with Gasteiger partial charge in [0.15, 0.2) is 0 Å². The number of benzene rings is 2. The summed E-state index contributed by atoms with van der Waals surface area (Å²) in [5, 5.41) is 13.2. The lowest BCUT2D eigenvalue weighted by Gasteiger charge is -2.29. The molecule has 0 saturated heterocycles. The molecule has 0 spiro atoms. The van der Waals surface area contributed by atoms with Gasteiger partial charge in [0.2, 0.25) is 0 Å². The molecule has 0 aliphatic heterocycles. The van der Waals surface area contributed by atoms with Crippen molar-refractivity contribution < 1.29 is 9.53 Å². The molecule has 0 fully saturated rings. The van der Waals surface area contributed by atoms with Crippen LogP contribution in [0.3, 0.4) is 0 Å². The van der Waals surface area contributed by atoms with Crippen LogP contribution in [0.5, 0.6) is 0 Å². The second-order valence-corrected chi connectivity index (χ2v) is 5.49. The molecule has 0 amide bonds. The molecule has 0 heterocycles. The first kappa shape index (κ1) is 17.5. The zero-order valence-electron chi connectivity index (χ0n) is 13.7. The van der Waals surface area contributed by atoms with E-state index in [4.69, 9.17) is 4.74 Å². The zero-order chi connectivity index (χ0) is 17.4. The molecule has 4 heteroatoms. The Morgan fingerprint density at radius 1 is 1.17 bits per heavy atom. The fraction of sp³-hybridized carbons (Fsp3) is 0.200.